The Bertz CT molecular complexity index is 1350. The molecule has 0 aliphatic heterocycles. The van der Waals surface area contributed by atoms with E-state index in [1.54, 1.807) is 36.4 Å². The van der Waals surface area contributed by atoms with Gasteiger partial charge >= 0.3 is 0 Å². The molecule has 0 radical (unpaired) electrons. The average molecular weight is 481 g/mol. The topological polar surface area (TPSA) is 88.4 Å². The number of hydrogen-bond acceptors (Lipinski definition) is 5. The van der Waals surface area contributed by atoms with Crippen LogP contribution in [0.2, 0.25) is 5.02 Å². The van der Waals surface area contributed by atoms with Crippen LogP contribution in [0.5, 0.6) is 0 Å². The van der Waals surface area contributed by atoms with Crippen molar-refractivity contribution in [1.82, 2.24) is 0 Å². The lowest BCUT2D eigenvalue weighted by molar-refractivity contribution is 0.0996. The Labute approximate surface area is 197 Å². The first-order valence-electron chi connectivity index (χ1n) is 10.2. The first-order valence-corrected chi connectivity index (χ1v) is 12.2. The molecule has 4 rings (SSSR count). The van der Waals surface area contributed by atoms with Gasteiger partial charge in [-0.1, -0.05) is 60.1 Å². The Morgan fingerprint density at radius 3 is 2.30 bits per heavy atom. The molecule has 4 aromatic rings. The van der Waals surface area contributed by atoms with Crippen molar-refractivity contribution in [3.05, 3.63) is 113 Å². The minimum atomic E-state index is -3.62. The number of amides is 1. The van der Waals surface area contributed by atoms with Crippen molar-refractivity contribution in [2.45, 2.75) is 17.2 Å². The largest absolute Gasteiger partial charge is 0.459 e. The van der Waals surface area contributed by atoms with Crippen molar-refractivity contribution in [2.75, 3.05) is 10.6 Å². The molecule has 2 N–H and O–H groups in total. The van der Waals surface area contributed by atoms with Gasteiger partial charge in [0.1, 0.15) is 0 Å². The highest BCUT2D eigenvalue weighted by atomic mass is 35.5. The molecule has 0 atom stereocenters. The normalized spacial score (nSPS) is 11.2. The second-order valence-electron chi connectivity index (χ2n) is 7.34. The Balaban J connectivity index is 1.44. The fourth-order valence-electron chi connectivity index (χ4n) is 3.28. The molecule has 8 heteroatoms. The van der Waals surface area contributed by atoms with Crippen LogP contribution in [0.3, 0.4) is 0 Å². The van der Waals surface area contributed by atoms with Crippen LogP contribution in [0, 0.1) is 0 Å². The van der Waals surface area contributed by atoms with Crippen LogP contribution < -0.4 is 10.6 Å². The van der Waals surface area contributed by atoms with Gasteiger partial charge in [-0.15, -0.1) is 0 Å². The third-order valence-corrected chi connectivity index (χ3v) is 6.95. The summed E-state index contributed by atoms with van der Waals surface area (Å²) in [6.45, 7) is 0.609. The number of sulfone groups is 1. The molecular weight excluding hydrogens is 460 g/mol. The second kappa shape index (κ2) is 9.94. The van der Waals surface area contributed by atoms with E-state index in [1.807, 2.05) is 30.3 Å². The third-order valence-electron chi connectivity index (χ3n) is 4.95. The summed E-state index contributed by atoms with van der Waals surface area (Å²) in [7, 11) is -3.62. The van der Waals surface area contributed by atoms with E-state index in [1.165, 1.54) is 24.5 Å². The molecule has 0 aliphatic rings. The van der Waals surface area contributed by atoms with E-state index in [0.29, 0.717) is 17.3 Å². The van der Waals surface area contributed by atoms with Gasteiger partial charge in [0.25, 0.3) is 5.91 Å². The van der Waals surface area contributed by atoms with Gasteiger partial charge in [0.2, 0.25) is 0 Å². The second-order valence-corrected chi connectivity index (χ2v) is 9.73. The zero-order valence-electron chi connectivity index (χ0n) is 17.5. The van der Waals surface area contributed by atoms with Crippen LogP contribution in [0.1, 0.15) is 21.7 Å². The summed E-state index contributed by atoms with van der Waals surface area (Å²) >= 11 is 6.37. The zero-order valence-corrected chi connectivity index (χ0v) is 19.1. The van der Waals surface area contributed by atoms with Crippen molar-refractivity contribution in [3.63, 3.8) is 0 Å². The van der Waals surface area contributed by atoms with Gasteiger partial charge in [0.05, 0.1) is 27.6 Å². The molecule has 0 bridgehead atoms. The number of furan rings is 1. The highest BCUT2D eigenvalue weighted by molar-refractivity contribution is 7.90. The highest BCUT2D eigenvalue weighted by Crippen LogP contribution is 2.27. The summed E-state index contributed by atoms with van der Waals surface area (Å²) in [5.41, 5.74) is 2.58. The van der Waals surface area contributed by atoms with E-state index in [-0.39, 0.29) is 22.0 Å². The van der Waals surface area contributed by atoms with Gasteiger partial charge in [0.15, 0.2) is 15.6 Å². The van der Waals surface area contributed by atoms with Crippen molar-refractivity contribution < 1.29 is 17.6 Å². The SMILES string of the molecule is O=C(Nc1ccc(NCc2ccccc2)c(Cl)c1)c1occc1CS(=O)(=O)c1ccccc1. The molecule has 33 heavy (non-hydrogen) atoms. The first kappa shape index (κ1) is 22.6. The number of nitrogens with one attached hydrogen (secondary N) is 2. The predicted molar refractivity (Wildman–Crippen MR) is 129 cm³/mol. The van der Waals surface area contributed by atoms with E-state index in [4.69, 9.17) is 16.0 Å². The van der Waals surface area contributed by atoms with Gasteiger partial charge in [-0.25, -0.2) is 8.42 Å². The third kappa shape index (κ3) is 5.63. The maximum atomic E-state index is 12.8. The minimum absolute atomic E-state index is 0.0584. The highest BCUT2D eigenvalue weighted by Gasteiger charge is 2.22. The maximum absolute atomic E-state index is 12.8. The zero-order chi connectivity index (χ0) is 23.3. The molecule has 1 aromatic heterocycles. The van der Waals surface area contributed by atoms with E-state index in [2.05, 4.69) is 10.6 Å². The Hall–Kier alpha value is -3.55. The minimum Gasteiger partial charge on any atom is -0.459 e. The van der Waals surface area contributed by atoms with E-state index in [0.717, 1.165) is 11.3 Å². The van der Waals surface area contributed by atoms with Crippen molar-refractivity contribution in [1.29, 1.82) is 0 Å². The molecule has 6 nitrogen and oxygen atoms in total. The van der Waals surface area contributed by atoms with Crippen LogP contribution in [-0.4, -0.2) is 14.3 Å². The summed E-state index contributed by atoms with van der Waals surface area (Å²) in [5.74, 6) is -0.962. The smallest absolute Gasteiger partial charge is 0.291 e. The molecule has 1 heterocycles. The van der Waals surface area contributed by atoms with Gasteiger partial charge < -0.3 is 15.1 Å². The lowest BCUT2D eigenvalue weighted by atomic mass is 10.2. The number of carbonyl (C=O) groups excluding carboxylic acids is 1. The maximum Gasteiger partial charge on any atom is 0.291 e. The number of anilines is 2. The van der Waals surface area contributed by atoms with E-state index < -0.39 is 15.7 Å². The molecule has 0 fully saturated rings. The van der Waals surface area contributed by atoms with E-state index >= 15 is 0 Å². The quantitative estimate of drug-likeness (QED) is 0.334. The number of carbonyl (C=O) groups is 1. The number of rotatable bonds is 8. The number of benzene rings is 3. The Kier molecular flexibility index (Phi) is 6.82. The summed E-state index contributed by atoms with van der Waals surface area (Å²) in [6.07, 6.45) is 1.30. The Morgan fingerprint density at radius 2 is 1.61 bits per heavy atom. The fourth-order valence-corrected chi connectivity index (χ4v) is 4.90. The number of hydrogen-bond donors (Lipinski definition) is 2. The van der Waals surface area contributed by atoms with Gasteiger partial charge in [-0.05, 0) is 42.0 Å². The lowest BCUT2D eigenvalue weighted by Crippen LogP contribution is -2.15. The molecule has 3 aromatic carbocycles. The van der Waals surface area contributed by atoms with Crippen molar-refractivity contribution in [2.24, 2.45) is 0 Å². The summed E-state index contributed by atoms with van der Waals surface area (Å²) in [5, 5.41) is 6.41. The van der Waals surface area contributed by atoms with Gasteiger partial charge in [-0.3, -0.25) is 4.79 Å². The van der Waals surface area contributed by atoms with Crippen LogP contribution in [-0.2, 0) is 22.1 Å². The van der Waals surface area contributed by atoms with Gasteiger partial charge in [0, 0.05) is 17.8 Å². The molecule has 0 saturated heterocycles. The molecule has 0 unspecified atom stereocenters. The summed E-state index contributed by atoms with van der Waals surface area (Å²) in [6, 6.07) is 24.6. The molecule has 1 amide bonds. The lowest BCUT2D eigenvalue weighted by Gasteiger charge is -2.11. The monoisotopic (exact) mass is 480 g/mol. The standard InChI is InChI=1S/C25H21ClN2O4S/c26-22-15-20(11-12-23(22)27-16-18-7-3-1-4-8-18)28-25(29)24-19(13-14-32-24)17-33(30,31)21-9-5-2-6-10-21/h1-15,27H,16-17H2,(H,28,29). The van der Waals surface area contributed by atoms with Crippen LogP contribution in [0.25, 0.3) is 0 Å². The fraction of sp³-hybridized carbons (Fsp3) is 0.0800. The Morgan fingerprint density at radius 1 is 0.909 bits per heavy atom. The summed E-state index contributed by atoms with van der Waals surface area (Å²) < 4.78 is 30.7. The van der Waals surface area contributed by atoms with Gasteiger partial charge in [-0.2, -0.15) is 0 Å². The van der Waals surface area contributed by atoms with Crippen molar-refractivity contribution in [3.8, 4) is 0 Å². The molecule has 168 valence electrons. The first-order chi connectivity index (χ1) is 15.9. The number of halogens is 1. The molecule has 0 spiro atoms. The molecule has 0 aliphatic carbocycles. The van der Waals surface area contributed by atoms with Crippen LogP contribution >= 0.6 is 11.6 Å². The molecular formula is C25H21ClN2O4S. The summed E-state index contributed by atoms with van der Waals surface area (Å²) in [4.78, 5) is 13.0. The van der Waals surface area contributed by atoms with Crippen LogP contribution in [0.15, 0.2) is 101 Å². The average Bonchev–Trinajstić information content (AvgIpc) is 3.27. The van der Waals surface area contributed by atoms with Crippen molar-refractivity contribution >= 4 is 38.7 Å². The van der Waals surface area contributed by atoms with Crippen LogP contribution in [0.4, 0.5) is 11.4 Å². The van der Waals surface area contributed by atoms with E-state index in [9.17, 15) is 13.2 Å². The molecule has 0 saturated carbocycles. The predicted octanol–water partition coefficient (Wildman–Crippen LogP) is 5.77.